The van der Waals surface area contributed by atoms with Crippen LogP contribution < -0.4 is 5.32 Å². The van der Waals surface area contributed by atoms with E-state index in [2.05, 4.69) is 5.32 Å². The van der Waals surface area contributed by atoms with E-state index in [0.29, 0.717) is 53.5 Å². The second kappa shape index (κ2) is 56.8. The highest BCUT2D eigenvalue weighted by molar-refractivity contribution is 6.76. The second-order valence-corrected chi connectivity index (χ2v) is 44.4. The maximum atomic E-state index is 15.8. The molecule has 8 aromatic carbocycles. The molecular formula is C116H146Cl3NO30. The number of halogens is 3. The average molecular weight is 2140 g/mol. The van der Waals surface area contributed by atoms with Crippen molar-refractivity contribution >= 4 is 64.6 Å². The number of alkyl halides is 3. The van der Waals surface area contributed by atoms with Gasteiger partial charge in [-0.25, -0.2) is 0 Å². The van der Waals surface area contributed by atoms with Crippen molar-refractivity contribution < 1.29 is 144 Å². The van der Waals surface area contributed by atoms with Gasteiger partial charge >= 0.3 is 23.9 Å². The van der Waals surface area contributed by atoms with Crippen LogP contribution in [0.2, 0.25) is 0 Å². The fourth-order valence-corrected chi connectivity index (χ4v) is 17.5. The van der Waals surface area contributed by atoms with Crippen LogP contribution >= 0.6 is 34.8 Å². The zero-order chi connectivity index (χ0) is 107. The summed E-state index contributed by atoms with van der Waals surface area (Å²) in [6.45, 7) is 18.8. The Balaban J connectivity index is 1.01. The van der Waals surface area contributed by atoms with E-state index in [1.807, 2.05) is 206 Å². The molecule has 8 aromatic rings. The number of carbonyl (C=O) groups is 5. The van der Waals surface area contributed by atoms with E-state index in [9.17, 15) is 24.9 Å². The Labute approximate surface area is 894 Å². The van der Waals surface area contributed by atoms with Crippen LogP contribution in [0.3, 0.4) is 0 Å². The van der Waals surface area contributed by atoms with Crippen LogP contribution in [-0.4, -0.2) is 242 Å². The van der Waals surface area contributed by atoms with Crippen LogP contribution in [0.4, 0.5) is 0 Å². The van der Waals surface area contributed by atoms with E-state index < -0.39 is 222 Å². The molecule has 816 valence electrons. The number of hydrogen-bond donors (Lipinski definition) is 4. The number of aliphatic hydroxyl groups is 3. The molecule has 1 amide bonds. The Hall–Kier alpha value is -9.12. The Kier molecular flexibility index (Phi) is 44.7. The van der Waals surface area contributed by atoms with E-state index in [4.69, 9.17) is 139 Å². The molecule has 0 aliphatic carbocycles. The summed E-state index contributed by atoms with van der Waals surface area (Å²) in [7, 11) is 0. The number of ether oxygens (including phenoxy) is 22. The smallest absolute Gasteiger partial charge is 0.311 e. The minimum atomic E-state index is -2.90. The van der Waals surface area contributed by atoms with Crippen molar-refractivity contribution in [2.24, 2.45) is 21.7 Å². The van der Waals surface area contributed by atoms with Crippen molar-refractivity contribution in [3.8, 4) is 0 Å². The minimum absolute atomic E-state index is 0.0157. The summed E-state index contributed by atoms with van der Waals surface area (Å²) in [4.78, 5) is 76.1. The van der Waals surface area contributed by atoms with Gasteiger partial charge in [-0.3, -0.25) is 24.0 Å². The first-order chi connectivity index (χ1) is 71.9. The molecule has 4 N–H and O–H groups in total. The van der Waals surface area contributed by atoms with Crippen molar-refractivity contribution in [2.45, 2.75) is 326 Å². The number of allylic oxidation sites excluding steroid dienone is 2. The highest BCUT2D eigenvalue weighted by Gasteiger charge is 2.63. The molecule has 5 heterocycles. The SMILES string of the molecule is C[C@H]1O[C@H](O[C@H]2[C@@H](NC(=O)C(Cl)(Cl)Cl)[C@H](O[C@H]3[C@H](OCc4ccccc4)[C@@H](OC(=O)C(C)(C)C)[C@H](O[C@H]4[C@H](OCc5ccccc5)[C@@H](OC(=O)C(C)(C)C)[C@H](OCCC/C=C\CCCO)O[C@@H]4COCc4ccccc4)O[C@@H]3COCc3ccccc3)O[C@H](CO)[C@H]2O[C@@H]2O[C@H](COCc3ccccc3)[C@@H](OCc3ccccc3)[C@@H](OCc3ccccc3)[C@H]2O)[C@H](OCc2ccccc2)[C@@H](OC(=O)C(C)(C)C)[C@H]1OC(=O)C(C)(C)C. The largest absolute Gasteiger partial charge is 0.455 e. The third-order valence-electron chi connectivity index (χ3n) is 25.6. The van der Waals surface area contributed by atoms with E-state index >= 15 is 14.4 Å². The minimum Gasteiger partial charge on any atom is -0.455 e. The van der Waals surface area contributed by atoms with Gasteiger partial charge in [0.2, 0.25) is 0 Å². The predicted molar refractivity (Wildman–Crippen MR) is 555 cm³/mol. The molecule has 0 radical (unpaired) electrons. The van der Waals surface area contributed by atoms with Crippen molar-refractivity contribution in [1.82, 2.24) is 5.32 Å². The molecule has 31 nitrogen and oxygen atoms in total. The number of hydrogen-bond acceptors (Lipinski definition) is 30. The first-order valence-corrected chi connectivity index (χ1v) is 52.4. The Morgan fingerprint density at radius 3 is 0.987 bits per heavy atom. The zero-order valence-electron chi connectivity index (χ0n) is 87.4. The molecule has 5 fully saturated rings. The molecule has 13 rings (SSSR count). The lowest BCUT2D eigenvalue weighted by atomic mass is 9.92. The molecule has 0 saturated carbocycles. The number of nitrogens with one attached hydrogen (secondary N) is 1. The van der Waals surface area contributed by atoms with Crippen molar-refractivity contribution in [1.29, 1.82) is 0 Å². The van der Waals surface area contributed by atoms with Crippen LogP contribution in [0.1, 0.15) is 160 Å². The first kappa shape index (κ1) is 118. The van der Waals surface area contributed by atoms with Gasteiger partial charge in [0, 0.05) is 6.61 Å². The molecule has 25 atom stereocenters. The van der Waals surface area contributed by atoms with E-state index in [1.54, 1.807) is 139 Å². The van der Waals surface area contributed by atoms with Gasteiger partial charge in [0.25, 0.3) is 9.70 Å². The molecule has 150 heavy (non-hydrogen) atoms. The van der Waals surface area contributed by atoms with Gasteiger partial charge in [0.15, 0.2) is 55.9 Å². The van der Waals surface area contributed by atoms with Gasteiger partial charge in [-0.1, -0.05) is 290 Å². The van der Waals surface area contributed by atoms with Gasteiger partial charge in [0.1, 0.15) is 91.5 Å². The van der Waals surface area contributed by atoms with Gasteiger partial charge in [-0.15, -0.1) is 0 Å². The highest BCUT2D eigenvalue weighted by atomic mass is 35.6. The highest BCUT2D eigenvalue weighted by Crippen LogP contribution is 2.44. The second-order valence-electron chi connectivity index (χ2n) is 42.1. The molecule has 34 heteroatoms. The normalized spacial score (nSPS) is 27.5. The zero-order valence-corrected chi connectivity index (χ0v) is 89.7. The van der Waals surface area contributed by atoms with Crippen LogP contribution in [0.5, 0.6) is 0 Å². The fourth-order valence-electron chi connectivity index (χ4n) is 17.3. The van der Waals surface area contributed by atoms with Crippen LogP contribution in [0, 0.1) is 21.7 Å². The summed E-state index contributed by atoms with van der Waals surface area (Å²) in [6.07, 6.45) is -33.0. The molecule has 5 aliphatic heterocycles. The number of unbranched alkanes of at least 4 members (excludes halogenated alkanes) is 2. The third kappa shape index (κ3) is 34.7. The average Bonchev–Trinajstić information content (AvgIpc) is 0.752. The van der Waals surface area contributed by atoms with Crippen molar-refractivity contribution in [3.63, 3.8) is 0 Å². The summed E-state index contributed by atoms with van der Waals surface area (Å²) in [6, 6.07) is 71.9. The Bertz CT molecular complexity index is 5380. The summed E-state index contributed by atoms with van der Waals surface area (Å²) in [5, 5.41) is 38.9. The fraction of sp³-hybridized carbons (Fsp3) is 0.526. The van der Waals surface area contributed by atoms with E-state index in [0.717, 1.165) is 16.7 Å². The molecule has 0 unspecified atom stereocenters. The topological polar surface area (TPSA) is 361 Å². The number of rotatable bonds is 49. The summed E-state index contributed by atoms with van der Waals surface area (Å²) < 4.78 is 153. The van der Waals surface area contributed by atoms with E-state index in [1.165, 1.54) is 0 Å². The molecule has 5 saturated heterocycles. The summed E-state index contributed by atoms with van der Waals surface area (Å²) >= 11 is 20.6. The maximum absolute atomic E-state index is 15.8. The molecule has 0 spiro atoms. The molecule has 0 aromatic heterocycles. The maximum Gasteiger partial charge on any atom is 0.311 e. The summed E-state index contributed by atoms with van der Waals surface area (Å²) in [5.74, 6) is -4.34. The van der Waals surface area contributed by atoms with Gasteiger partial charge in [-0.05, 0) is 160 Å². The van der Waals surface area contributed by atoms with Crippen molar-refractivity contribution in [2.75, 3.05) is 39.6 Å². The van der Waals surface area contributed by atoms with E-state index in [-0.39, 0.29) is 79.3 Å². The Morgan fingerprint density at radius 2 is 0.607 bits per heavy atom. The van der Waals surface area contributed by atoms with Crippen LogP contribution in [0.25, 0.3) is 0 Å². The number of benzene rings is 8. The standard InChI is InChI=1S/C116H146Cl3NO30/c1-74-89(147-108(125)112(2,3)4)98(148-109(126)113(5,6)7)99(137-70-82-58-40-25-41-59-82)105(138-74)146-94-87(120-107(124)116(117,118)119)102(139-83(62-122)91(94)144-103-88(123)95(134-67-79-52-34-22-35-53-79)90(133-66-78-50-32-21-33-51-78)84(140-103)71-129-63-75-44-26-18-27-45-75)143-92-86(73-131-65-77-48-30-20-31-49-77)142-106(101(150-111(128)115(11,12)13)97(92)136-69-81-56-38-24-39-57-81)145-93-85(72-130-64-76-46-28-19-29-47-76)141-104(132-61-43-17-15-14-16-42-60-121)100(149-110(127)114(8,9)10)96(93)135-68-80-54-36-23-37-55-80/h14-15,18-41,44-59,74,83-106,121-123H,16-17,42-43,60-73H2,1-13H3,(H,120,124)/b15-14-/t74-,83-,84-,85-,86-,87-,88-,89+,90-,91-,92-,93-,94+,95+,96+,97+,98+,99-,100-,101-,102+,103+,104-,105-,106+/m1/s1. The van der Waals surface area contributed by atoms with Crippen molar-refractivity contribution in [3.05, 3.63) is 299 Å². The van der Waals surface area contributed by atoms with Gasteiger partial charge in [0.05, 0.1) is 114 Å². The predicted octanol–water partition coefficient (Wildman–Crippen LogP) is 16.9. The first-order valence-electron chi connectivity index (χ1n) is 51.3. The quantitative estimate of drug-likeness (QED) is 0.00904. The number of esters is 4. The van der Waals surface area contributed by atoms with Crippen LogP contribution in [0.15, 0.2) is 255 Å². The van der Waals surface area contributed by atoms with Gasteiger partial charge in [-0.2, -0.15) is 0 Å². The molecule has 5 aliphatic rings. The monoisotopic (exact) mass is 2140 g/mol. The Morgan fingerprint density at radius 1 is 0.313 bits per heavy atom. The lowest BCUT2D eigenvalue weighted by Crippen LogP contribution is -2.72. The lowest BCUT2D eigenvalue weighted by Gasteiger charge is -2.53. The molecular weight excluding hydrogens is 1990 g/mol. The van der Waals surface area contributed by atoms with Gasteiger partial charge < -0.3 is 125 Å². The van der Waals surface area contributed by atoms with Crippen LogP contribution in [-0.2, 0) is 181 Å². The molecule has 0 bridgehead atoms. The summed E-state index contributed by atoms with van der Waals surface area (Å²) in [5.41, 5.74) is 0.742. The lowest BCUT2D eigenvalue weighted by molar-refractivity contribution is -0.397. The number of aliphatic hydroxyl groups excluding tert-OH is 3. The number of amides is 1. The number of carbonyl (C=O) groups excluding carboxylic acids is 5. The third-order valence-corrected chi connectivity index (χ3v) is 26.1.